The third-order valence-electron chi connectivity index (χ3n) is 1.72. The van der Waals surface area contributed by atoms with Gasteiger partial charge in [0.05, 0.1) is 5.92 Å². The first-order chi connectivity index (χ1) is 5.20. The first-order valence-electron chi connectivity index (χ1n) is 3.83. The molecule has 2 N–H and O–H groups in total. The van der Waals surface area contributed by atoms with Gasteiger partial charge in [-0.15, -0.1) is 0 Å². The van der Waals surface area contributed by atoms with Crippen LogP contribution in [0.3, 0.4) is 0 Å². The van der Waals surface area contributed by atoms with E-state index in [1.54, 1.807) is 0 Å². The predicted molar refractivity (Wildman–Crippen MR) is 44.2 cm³/mol. The van der Waals surface area contributed by atoms with Crippen molar-refractivity contribution in [2.45, 2.75) is 6.92 Å². The van der Waals surface area contributed by atoms with Gasteiger partial charge >= 0.3 is 0 Å². The summed E-state index contributed by atoms with van der Waals surface area (Å²) in [6, 6.07) is 0. The van der Waals surface area contributed by atoms with Crippen LogP contribution in [0.15, 0.2) is 12.2 Å². The van der Waals surface area contributed by atoms with Gasteiger partial charge in [0.25, 0.3) is 0 Å². The molecule has 1 aliphatic rings. The second-order valence-corrected chi connectivity index (χ2v) is 3.03. The minimum Gasteiger partial charge on any atom is -0.352 e. The summed E-state index contributed by atoms with van der Waals surface area (Å²) in [4.78, 5) is 11.1. The Hall–Kier alpha value is -0.830. The molecule has 0 aromatic heterocycles. The lowest BCUT2D eigenvalue weighted by Gasteiger charge is -2.25. The molecule has 3 heteroatoms. The highest BCUT2D eigenvalue weighted by molar-refractivity contribution is 5.80. The Labute approximate surface area is 66.9 Å². The topological polar surface area (TPSA) is 41.1 Å². The number of hydrogen-bond acceptors (Lipinski definition) is 2. The van der Waals surface area contributed by atoms with Gasteiger partial charge in [0.2, 0.25) is 5.91 Å². The maximum atomic E-state index is 11.1. The van der Waals surface area contributed by atoms with Crippen LogP contribution in [0.5, 0.6) is 0 Å². The third kappa shape index (κ3) is 2.35. The molecule has 0 spiro atoms. The highest BCUT2D eigenvalue weighted by atomic mass is 16.2. The minimum atomic E-state index is 0.145. The van der Waals surface area contributed by atoms with E-state index < -0.39 is 0 Å². The van der Waals surface area contributed by atoms with Crippen molar-refractivity contribution in [2.75, 3.05) is 19.6 Å². The maximum absolute atomic E-state index is 11.1. The van der Waals surface area contributed by atoms with Crippen molar-refractivity contribution in [3.8, 4) is 0 Å². The summed E-state index contributed by atoms with van der Waals surface area (Å²) in [5.41, 5.74) is 0.991. The molecule has 1 fully saturated rings. The molecule has 1 saturated heterocycles. The summed E-state index contributed by atoms with van der Waals surface area (Å²) < 4.78 is 0. The van der Waals surface area contributed by atoms with E-state index in [2.05, 4.69) is 17.2 Å². The average molecular weight is 154 g/mol. The van der Waals surface area contributed by atoms with Crippen molar-refractivity contribution in [3.05, 3.63) is 12.2 Å². The van der Waals surface area contributed by atoms with Gasteiger partial charge in [-0.3, -0.25) is 4.79 Å². The Morgan fingerprint density at radius 1 is 1.73 bits per heavy atom. The molecule has 62 valence electrons. The predicted octanol–water partition coefficient (Wildman–Crippen LogP) is -0.102. The van der Waals surface area contributed by atoms with Crippen LogP contribution in [0.1, 0.15) is 6.92 Å². The number of carbonyl (C=O) groups is 1. The molecule has 0 aromatic carbocycles. The van der Waals surface area contributed by atoms with Gasteiger partial charge in [0.15, 0.2) is 0 Å². The number of amides is 1. The number of rotatable bonds is 3. The van der Waals surface area contributed by atoms with Gasteiger partial charge < -0.3 is 10.6 Å². The zero-order chi connectivity index (χ0) is 8.27. The number of hydrogen-bond donors (Lipinski definition) is 2. The molecule has 0 aromatic rings. The molecule has 0 atom stereocenters. The summed E-state index contributed by atoms with van der Waals surface area (Å²) in [6.07, 6.45) is 0. The highest BCUT2D eigenvalue weighted by Crippen LogP contribution is 2.01. The van der Waals surface area contributed by atoms with Gasteiger partial charge in [-0.1, -0.05) is 12.2 Å². The number of nitrogens with one attached hydrogen (secondary N) is 2. The van der Waals surface area contributed by atoms with E-state index in [-0.39, 0.29) is 11.8 Å². The van der Waals surface area contributed by atoms with Crippen molar-refractivity contribution in [3.63, 3.8) is 0 Å². The van der Waals surface area contributed by atoms with Crippen molar-refractivity contribution in [1.29, 1.82) is 0 Å². The van der Waals surface area contributed by atoms with E-state index in [0.29, 0.717) is 6.54 Å². The quantitative estimate of drug-likeness (QED) is 0.557. The maximum Gasteiger partial charge on any atom is 0.225 e. The standard InChI is InChI=1S/C8H14N2O/c1-6(2)3-10-8(11)7-4-9-5-7/h7,9H,1,3-5H2,2H3,(H,10,11). The number of carbonyl (C=O) groups excluding carboxylic acids is 1. The summed E-state index contributed by atoms with van der Waals surface area (Å²) in [5, 5.41) is 5.85. The first-order valence-corrected chi connectivity index (χ1v) is 3.83. The molecule has 0 aliphatic carbocycles. The lowest BCUT2D eigenvalue weighted by atomic mass is 10.0. The van der Waals surface area contributed by atoms with Crippen molar-refractivity contribution in [2.24, 2.45) is 5.92 Å². The smallest absolute Gasteiger partial charge is 0.225 e. The fourth-order valence-electron chi connectivity index (χ4n) is 0.856. The fourth-order valence-corrected chi connectivity index (χ4v) is 0.856. The van der Waals surface area contributed by atoms with E-state index in [9.17, 15) is 4.79 Å². The second kappa shape index (κ2) is 3.53. The lowest BCUT2D eigenvalue weighted by molar-refractivity contribution is -0.126. The van der Waals surface area contributed by atoms with Crippen LogP contribution in [0, 0.1) is 5.92 Å². The van der Waals surface area contributed by atoms with Gasteiger partial charge in [-0.25, -0.2) is 0 Å². The van der Waals surface area contributed by atoms with Crippen molar-refractivity contribution >= 4 is 5.91 Å². The third-order valence-corrected chi connectivity index (χ3v) is 1.72. The molecule has 1 heterocycles. The molecule has 1 amide bonds. The Balaban J connectivity index is 2.15. The van der Waals surface area contributed by atoms with Crippen LogP contribution in [0.4, 0.5) is 0 Å². The summed E-state index contributed by atoms with van der Waals surface area (Å²) >= 11 is 0. The minimum absolute atomic E-state index is 0.145. The zero-order valence-corrected chi connectivity index (χ0v) is 6.81. The first kappa shape index (κ1) is 8.27. The largest absolute Gasteiger partial charge is 0.352 e. The Kier molecular flexibility index (Phi) is 2.65. The Morgan fingerprint density at radius 2 is 2.36 bits per heavy atom. The molecule has 0 bridgehead atoms. The molecular formula is C8H14N2O. The SMILES string of the molecule is C=C(C)CNC(=O)C1CNC1. The summed E-state index contributed by atoms with van der Waals surface area (Å²) in [5.74, 6) is 0.334. The lowest BCUT2D eigenvalue weighted by Crippen LogP contribution is -2.50. The van der Waals surface area contributed by atoms with Gasteiger partial charge in [0.1, 0.15) is 0 Å². The van der Waals surface area contributed by atoms with E-state index in [4.69, 9.17) is 0 Å². The molecule has 0 saturated carbocycles. The monoisotopic (exact) mass is 154 g/mol. The molecule has 3 nitrogen and oxygen atoms in total. The van der Waals surface area contributed by atoms with E-state index in [0.717, 1.165) is 18.7 Å². The Morgan fingerprint density at radius 3 is 2.73 bits per heavy atom. The van der Waals surface area contributed by atoms with Gasteiger partial charge in [0, 0.05) is 19.6 Å². The zero-order valence-electron chi connectivity index (χ0n) is 6.81. The molecular weight excluding hydrogens is 140 g/mol. The van der Waals surface area contributed by atoms with Crippen molar-refractivity contribution < 1.29 is 4.79 Å². The summed E-state index contributed by atoms with van der Waals surface area (Å²) in [7, 11) is 0. The van der Waals surface area contributed by atoms with Crippen LogP contribution in [-0.2, 0) is 4.79 Å². The molecule has 0 unspecified atom stereocenters. The van der Waals surface area contributed by atoms with Crippen LogP contribution in [0.2, 0.25) is 0 Å². The molecule has 0 radical (unpaired) electrons. The van der Waals surface area contributed by atoms with Crippen LogP contribution in [-0.4, -0.2) is 25.5 Å². The van der Waals surface area contributed by atoms with E-state index in [1.807, 2.05) is 6.92 Å². The van der Waals surface area contributed by atoms with E-state index >= 15 is 0 Å². The van der Waals surface area contributed by atoms with E-state index in [1.165, 1.54) is 0 Å². The second-order valence-electron chi connectivity index (χ2n) is 3.03. The molecule has 1 aliphatic heterocycles. The van der Waals surface area contributed by atoms with Gasteiger partial charge in [-0.05, 0) is 6.92 Å². The van der Waals surface area contributed by atoms with Gasteiger partial charge in [-0.2, -0.15) is 0 Å². The normalized spacial score (nSPS) is 17.2. The fraction of sp³-hybridized carbons (Fsp3) is 0.625. The van der Waals surface area contributed by atoms with Crippen LogP contribution >= 0.6 is 0 Å². The average Bonchev–Trinajstić information content (AvgIpc) is 1.79. The Bertz CT molecular complexity index is 173. The summed E-state index contributed by atoms with van der Waals surface area (Å²) in [6.45, 7) is 7.85. The van der Waals surface area contributed by atoms with Crippen LogP contribution in [0.25, 0.3) is 0 Å². The van der Waals surface area contributed by atoms with Crippen LogP contribution < -0.4 is 10.6 Å². The highest BCUT2D eigenvalue weighted by Gasteiger charge is 2.23. The molecule has 1 rings (SSSR count). The molecule has 11 heavy (non-hydrogen) atoms. The van der Waals surface area contributed by atoms with Crippen molar-refractivity contribution in [1.82, 2.24) is 10.6 Å².